The summed E-state index contributed by atoms with van der Waals surface area (Å²) < 4.78 is 5.45. The lowest BCUT2D eigenvalue weighted by Crippen LogP contribution is -2.54. The summed E-state index contributed by atoms with van der Waals surface area (Å²) in [5.74, 6) is 0.469. The van der Waals surface area contributed by atoms with E-state index in [9.17, 15) is 4.79 Å². The number of carbonyl (C=O) groups is 1. The van der Waals surface area contributed by atoms with Crippen LogP contribution in [-0.2, 0) is 9.53 Å². The van der Waals surface area contributed by atoms with E-state index in [4.69, 9.17) is 16.3 Å². The van der Waals surface area contributed by atoms with E-state index >= 15 is 0 Å². The molecule has 0 aromatic rings. The molecule has 0 heterocycles. The van der Waals surface area contributed by atoms with Gasteiger partial charge in [-0.25, -0.2) is 0 Å². The maximum absolute atomic E-state index is 12.2. The van der Waals surface area contributed by atoms with Crippen molar-refractivity contribution in [2.45, 2.75) is 44.6 Å². The molecule has 2 fully saturated rings. The molecule has 0 spiro atoms. The Kier molecular flexibility index (Phi) is 2.85. The highest BCUT2D eigenvalue weighted by molar-refractivity contribution is 6.22. The second kappa shape index (κ2) is 3.74. The molecule has 0 aromatic heterocycles. The highest BCUT2D eigenvalue weighted by atomic mass is 35.5. The largest absolute Gasteiger partial charge is 0.381 e. The second-order valence-corrected chi connectivity index (χ2v) is 6.11. The standard InChI is InChI=1S/C12H19ClO2/c1-12(2)6-8(13)7-4-5-9(15-3)10(12)11(7)14/h7-10H,4-6H2,1-3H3/t7-,8?,9?,10+/m0/s1. The van der Waals surface area contributed by atoms with Gasteiger partial charge in [-0.2, -0.15) is 0 Å². The SMILES string of the molecule is COC1CC[C@@H]2C(=O)[C@@H]1C(C)(C)CC2Cl. The summed E-state index contributed by atoms with van der Waals surface area (Å²) in [4.78, 5) is 12.2. The van der Waals surface area contributed by atoms with Gasteiger partial charge in [-0.05, 0) is 24.7 Å². The Morgan fingerprint density at radius 2 is 2.07 bits per heavy atom. The predicted molar refractivity (Wildman–Crippen MR) is 60.1 cm³/mol. The van der Waals surface area contributed by atoms with E-state index in [1.807, 2.05) is 0 Å². The first-order valence-electron chi connectivity index (χ1n) is 5.68. The maximum Gasteiger partial charge on any atom is 0.143 e. The van der Waals surface area contributed by atoms with Gasteiger partial charge >= 0.3 is 0 Å². The molecule has 0 amide bonds. The van der Waals surface area contributed by atoms with Gasteiger partial charge in [-0.3, -0.25) is 4.79 Å². The van der Waals surface area contributed by atoms with Crippen molar-refractivity contribution < 1.29 is 9.53 Å². The first-order valence-corrected chi connectivity index (χ1v) is 6.11. The number of hydrogen-bond donors (Lipinski definition) is 0. The lowest BCUT2D eigenvalue weighted by Gasteiger charge is -2.49. The molecule has 15 heavy (non-hydrogen) atoms. The van der Waals surface area contributed by atoms with E-state index in [0.29, 0.717) is 5.78 Å². The van der Waals surface area contributed by atoms with Crippen LogP contribution in [0.2, 0.25) is 0 Å². The van der Waals surface area contributed by atoms with Crippen LogP contribution in [0.3, 0.4) is 0 Å². The number of ketones is 1. The Bertz CT molecular complexity index is 275. The molecular formula is C12H19ClO2. The van der Waals surface area contributed by atoms with Crippen molar-refractivity contribution in [2.24, 2.45) is 17.3 Å². The zero-order valence-electron chi connectivity index (χ0n) is 9.63. The number of halogens is 1. The van der Waals surface area contributed by atoms with Gasteiger partial charge in [-0.1, -0.05) is 13.8 Å². The summed E-state index contributed by atoms with van der Waals surface area (Å²) >= 11 is 6.29. The monoisotopic (exact) mass is 230 g/mol. The number of hydrogen-bond acceptors (Lipinski definition) is 2. The van der Waals surface area contributed by atoms with Crippen molar-refractivity contribution in [3.63, 3.8) is 0 Å². The smallest absolute Gasteiger partial charge is 0.143 e. The lowest BCUT2D eigenvalue weighted by molar-refractivity contribution is -0.149. The molecule has 0 N–H and O–H groups in total. The molecule has 2 saturated carbocycles. The number of carbonyl (C=O) groups excluding carboxylic acids is 1. The van der Waals surface area contributed by atoms with Gasteiger partial charge in [-0.15, -0.1) is 11.6 Å². The quantitative estimate of drug-likeness (QED) is 0.648. The van der Waals surface area contributed by atoms with Gasteiger partial charge in [0.15, 0.2) is 0 Å². The Balaban J connectivity index is 2.31. The van der Waals surface area contributed by atoms with Crippen molar-refractivity contribution in [2.75, 3.05) is 7.11 Å². The zero-order valence-corrected chi connectivity index (χ0v) is 10.4. The fourth-order valence-corrected chi connectivity index (χ4v) is 3.99. The summed E-state index contributed by atoms with van der Waals surface area (Å²) in [5, 5.41) is 0.0292. The van der Waals surface area contributed by atoms with Crippen LogP contribution in [0, 0.1) is 17.3 Å². The summed E-state index contributed by atoms with van der Waals surface area (Å²) in [7, 11) is 1.71. The van der Waals surface area contributed by atoms with Gasteiger partial charge in [0, 0.05) is 24.3 Å². The van der Waals surface area contributed by atoms with Gasteiger partial charge in [0.25, 0.3) is 0 Å². The van der Waals surface area contributed by atoms with Crippen LogP contribution in [0.1, 0.15) is 33.1 Å². The minimum Gasteiger partial charge on any atom is -0.381 e. The molecule has 86 valence electrons. The summed E-state index contributed by atoms with van der Waals surface area (Å²) in [6.45, 7) is 4.27. The lowest BCUT2D eigenvalue weighted by atomic mass is 9.58. The minimum atomic E-state index is -0.0128. The maximum atomic E-state index is 12.2. The van der Waals surface area contributed by atoms with Crippen LogP contribution in [0.5, 0.6) is 0 Å². The Hall–Kier alpha value is -0.0800. The average Bonchev–Trinajstić information content (AvgIpc) is 2.13. The summed E-state index contributed by atoms with van der Waals surface area (Å²) in [6, 6.07) is 0. The molecule has 0 aliphatic heterocycles. The highest BCUT2D eigenvalue weighted by Crippen LogP contribution is 2.50. The highest BCUT2D eigenvalue weighted by Gasteiger charge is 2.53. The van der Waals surface area contributed by atoms with Crippen LogP contribution >= 0.6 is 11.6 Å². The predicted octanol–water partition coefficient (Wildman–Crippen LogP) is 2.63. The van der Waals surface area contributed by atoms with Crippen LogP contribution in [0.15, 0.2) is 0 Å². The molecule has 2 nitrogen and oxygen atoms in total. The van der Waals surface area contributed by atoms with Gasteiger partial charge in [0.2, 0.25) is 0 Å². The summed E-state index contributed by atoms with van der Waals surface area (Å²) in [5.41, 5.74) is -0.0128. The molecule has 2 aliphatic rings. The van der Waals surface area contributed by atoms with E-state index in [1.165, 1.54) is 0 Å². The molecule has 2 rings (SSSR count). The van der Waals surface area contributed by atoms with Crippen molar-refractivity contribution in [3.8, 4) is 0 Å². The molecule has 0 aromatic carbocycles. The number of alkyl halides is 1. The van der Waals surface area contributed by atoms with E-state index in [2.05, 4.69) is 13.8 Å². The number of rotatable bonds is 1. The van der Waals surface area contributed by atoms with Crippen LogP contribution in [0.4, 0.5) is 0 Å². The van der Waals surface area contributed by atoms with E-state index in [0.717, 1.165) is 19.3 Å². The third-order valence-corrected chi connectivity index (χ3v) is 4.57. The number of Topliss-reactive ketones (excluding diaryl/α,β-unsaturated/α-hetero) is 1. The van der Waals surface area contributed by atoms with Crippen molar-refractivity contribution in [3.05, 3.63) is 0 Å². The average molecular weight is 231 g/mol. The van der Waals surface area contributed by atoms with Crippen molar-refractivity contribution >= 4 is 17.4 Å². The van der Waals surface area contributed by atoms with Crippen molar-refractivity contribution in [1.29, 1.82) is 0 Å². The molecule has 4 atom stereocenters. The van der Waals surface area contributed by atoms with Crippen LogP contribution in [0.25, 0.3) is 0 Å². The molecule has 0 radical (unpaired) electrons. The normalized spacial score (nSPS) is 44.1. The van der Waals surface area contributed by atoms with Crippen molar-refractivity contribution in [1.82, 2.24) is 0 Å². The molecule has 3 heteroatoms. The fraction of sp³-hybridized carbons (Fsp3) is 0.917. The zero-order chi connectivity index (χ0) is 11.2. The topological polar surface area (TPSA) is 26.3 Å². The van der Waals surface area contributed by atoms with Gasteiger partial charge < -0.3 is 4.74 Å². The first kappa shape index (κ1) is 11.4. The molecule has 2 aliphatic carbocycles. The molecule has 2 bridgehead atoms. The van der Waals surface area contributed by atoms with E-state index in [-0.39, 0.29) is 28.7 Å². The summed E-state index contributed by atoms with van der Waals surface area (Å²) in [6.07, 6.45) is 2.91. The van der Waals surface area contributed by atoms with Gasteiger partial charge in [0.05, 0.1) is 6.10 Å². The first-order chi connectivity index (χ1) is 6.97. The van der Waals surface area contributed by atoms with Crippen LogP contribution in [-0.4, -0.2) is 24.4 Å². The molecular weight excluding hydrogens is 212 g/mol. The van der Waals surface area contributed by atoms with E-state index in [1.54, 1.807) is 7.11 Å². The second-order valence-electron chi connectivity index (χ2n) is 5.55. The minimum absolute atomic E-state index is 0.0128. The Labute approximate surface area is 96.3 Å². The Morgan fingerprint density at radius 1 is 1.40 bits per heavy atom. The number of ether oxygens (including phenoxy) is 1. The molecule has 2 unspecified atom stereocenters. The third-order valence-electron chi connectivity index (χ3n) is 4.11. The third kappa shape index (κ3) is 1.72. The number of methoxy groups -OCH3 is 1. The van der Waals surface area contributed by atoms with Gasteiger partial charge in [0.1, 0.15) is 5.78 Å². The fourth-order valence-electron chi connectivity index (χ4n) is 3.34. The Morgan fingerprint density at radius 3 is 2.67 bits per heavy atom. The van der Waals surface area contributed by atoms with Crippen LogP contribution < -0.4 is 0 Å². The number of fused-ring (bicyclic) bond motifs is 2. The van der Waals surface area contributed by atoms with E-state index < -0.39 is 0 Å². The molecule has 0 saturated heterocycles.